The monoisotopic (exact) mass is 239 g/mol. The number of rotatable bonds is 3. The molecule has 18 heavy (non-hydrogen) atoms. The Kier molecular flexibility index (Phi) is 3.44. The quantitative estimate of drug-likeness (QED) is 0.826. The maximum absolute atomic E-state index is 8.94. The zero-order valence-electron chi connectivity index (χ0n) is 10.3. The highest BCUT2D eigenvalue weighted by Crippen LogP contribution is 2.20. The van der Waals surface area contributed by atoms with Crippen LogP contribution in [0.4, 0.5) is 5.88 Å². The Morgan fingerprint density at radius 3 is 2.50 bits per heavy atom. The molecule has 0 unspecified atom stereocenters. The summed E-state index contributed by atoms with van der Waals surface area (Å²) in [6, 6.07) is 11.9. The summed E-state index contributed by atoms with van der Waals surface area (Å²) in [6.07, 6.45) is 3.65. The van der Waals surface area contributed by atoms with E-state index in [1.807, 2.05) is 56.6 Å². The number of oxazole rings is 1. The predicted molar refractivity (Wildman–Crippen MR) is 70.9 cm³/mol. The van der Waals surface area contributed by atoms with Gasteiger partial charge in [-0.3, -0.25) is 0 Å². The van der Waals surface area contributed by atoms with E-state index >= 15 is 0 Å². The average molecular weight is 239 g/mol. The van der Waals surface area contributed by atoms with Gasteiger partial charge in [-0.15, -0.1) is 0 Å². The van der Waals surface area contributed by atoms with Crippen LogP contribution in [-0.2, 0) is 0 Å². The summed E-state index contributed by atoms with van der Waals surface area (Å²) in [7, 11) is 3.62. The first kappa shape index (κ1) is 11.9. The standard InChI is InChI=1S/C14H13N3O/c1-17(2)14-12(10-15)16-13(18-14)9-8-11-6-4-3-5-7-11/h3-9H,1-2H3. The number of nitriles is 1. The molecule has 2 aromatic rings. The molecular weight excluding hydrogens is 226 g/mol. The molecule has 0 N–H and O–H groups in total. The Bertz CT molecular complexity index is 591. The van der Waals surface area contributed by atoms with Crippen LogP contribution in [0.25, 0.3) is 12.2 Å². The Morgan fingerprint density at radius 1 is 1.22 bits per heavy atom. The van der Waals surface area contributed by atoms with Gasteiger partial charge in [-0.05, 0) is 11.6 Å². The Labute approximate surface area is 106 Å². The van der Waals surface area contributed by atoms with E-state index in [0.29, 0.717) is 17.5 Å². The molecule has 4 nitrogen and oxygen atoms in total. The SMILES string of the molecule is CN(C)c1oc(C=Cc2ccccc2)nc1C#N. The molecule has 0 atom stereocenters. The summed E-state index contributed by atoms with van der Waals surface area (Å²) in [4.78, 5) is 5.84. The molecule has 0 radical (unpaired) electrons. The topological polar surface area (TPSA) is 53.1 Å². The molecule has 0 saturated carbocycles. The largest absolute Gasteiger partial charge is 0.420 e. The second-order valence-electron chi connectivity index (χ2n) is 3.96. The van der Waals surface area contributed by atoms with Crippen molar-refractivity contribution in [2.75, 3.05) is 19.0 Å². The van der Waals surface area contributed by atoms with Gasteiger partial charge in [-0.2, -0.15) is 10.2 Å². The molecule has 0 bridgehead atoms. The molecule has 0 aliphatic carbocycles. The van der Waals surface area contributed by atoms with E-state index in [-0.39, 0.29) is 0 Å². The van der Waals surface area contributed by atoms with Crippen molar-refractivity contribution in [3.63, 3.8) is 0 Å². The third-order valence-corrected chi connectivity index (χ3v) is 2.36. The van der Waals surface area contributed by atoms with E-state index < -0.39 is 0 Å². The van der Waals surface area contributed by atoms with Crippen LogP contribution in [0.3, 0.4) is 0 Å². The van der Waals surface area contributed by atoms with Crippen molar-refractivity contribution in [1.82, 2.24) is 4.98 Å². The fraction of sp³-hybridized carbons (Fsp3) is 0.143. The fourth-order valence-corrected chi connectivity index (χ4v) is 1.51. The molecule has 2 rings (SSSR count). The zero-order valence-corrected chi connectivity index (χ0v) is 10.3. The zero-order chi connectivity index (χ0) is 13.0. The molecule has 0 saturated heterocycles. The molecule has 0 fully saturated rings. The molecule has 1 heterocycles. The van der Waals surface area contributed by atoms with Crippen LogP contribution >= 0.6 is 0 Å². The highest BCUT2D eigenvalue weighted by atomic mass is 16.4. The lowest BCUT2D eigenvalue weighted by Crippen LogP contribution is -2.08. The number of anilines is 1. The maximum Gasteiger partial charge on any atom is 0.234 e. The summed E-state index contributed by atoms with van der Waals surface area (Å²) < 4.78 is 5.49. The van der Waals surface area contributed by atoms with E-state index in [4.69, 9.17) is 9.68 Å². The van der Waals surface area contributed by atoms with Gasteiger partial charge in [-0.1, -0.05) is 30.3 Å². The van der Waals surface area contributed by atoms with Crippen LogP contribution in [0.15, 0.2) is 34.7 Å². The third-order valence-electron chi connectivity index (χ3n) is 2.36. The molecule has 4 heteroatoms. The molecular formula is C14H13N3O. The number of hydrogen-bond acceptors (Lipinski definition) is 4. The minimum Gasteiger partial charge on any atom is -0.420 e. The second-order valence-corrected chi connectivity index (χ2v) is 3.96. The van der Waals surface area contributed by atoms with Gasteiger partial charge >= 0.3 is 0 Å². The van der Waals surface area contributed by atoms with Gasteiger partial charge in [-0.25, -0.2) is 0 Å². The van der Waals surface area contributed by atoms with Crippen LogP contribution in [0.5, 0.6) is 0 Å². The number of hydrogen-bond donors (Lipinski definition) is 0. The Morgan fingerprint density at radius 2 is 1.94 bits per heavy atom. The molecule has 1 aromatic heterocycles. The summed E-state index contributed by atoms with van der Waals surface area (Å²) in [5, 5.41) is 8.94. The van der Waals surface area contributed by atoms with Crippen molar-refractivity contribution >= 4 is 18.0 Å². The van der Waals surface area contributed by atoms with Crippen molar-refractivity contribution in [2.45, 2.75) is 0 Å². The Hall–Kier alpha value is -2.54. The lowest BCUT2D eigenvalue weighted by molar-refractivity contribution is 0.545. The van der Waals surface area contributed by atoms with Gasteiger partial charge in [0.15, 0.2) is 0 Å². The molecule has 1 aromatic carbocycles. The van der Waals surface area contributed by atoms with Crippen LogP contribution in [0, 0.1) is 11.3 Å². The van der Waals surface area contributed by atoms with E-state index in [2.05, 4.69) is 4.98 Å². The van der Waals surface area contributed by atoms with Gasteiger partial charge < -0.3 is 9.32 Å². The molecule has 0 aliphatic heterocycles. The predicted octanol–water partition coefficient (Wildman–Crippen LogP) is 2.78. The minimum absolute atomic E-state index is 0.299. The third kappa shape index (κ3) is 2.58. The van der Waals surface area contributed by atoms with Gasteiger partial charge in [0.05, 0.1) is 0 Å². The van der Waals surface area contributed by atoms with E-state index in [0.717, 1.165) is 5.56 Å². The first-order valence-electron chi connectivity index (χ1n) is 5.52. The first-order valence-corrected chi connectivity index (χ1v) is 5.52. The highest BCUT2D eigenvalue weighted by molar-refractivity contribution is 5.67. The van der Waals surface area contributed by atoms with Crippen LogP contribution in [0.1, 0.15) is 17.1 Å². The van der Waals surface area contributed by atoms with Crippen molar-refractivity contribution in [2.24, 2.45) is 0 Å². The van der Waals surface area contributed by atoms with Gasteiger partial charge in [0.1, 0.15) is 6.07 Å². The van der Waals surface area contributed by atoms with Crippen molar-refractivity contribution < 1.29 is 4.42 Å². The smallest absolute Gasteiger partial charge is 0.234 e. The number of benzene rings is 1. The van der Waals surface area contributed by atoms with Crippen molar-refractivity contribution in [3.05, 3.63) is 47.5 Å². The normalized spacial score (nSPS) is 10.5. The average Bonchev–Trinajstić information content (AvgIpc) is 2.81. The Balaban J connectivity index is 2.26. The lowest BCUT2D eigenvalue weighted by Gasteiger charge is -2.05. The summed E-state index contributed by atoms with van der Waals surface area (Å²) in [5.74, 6) is 0.907. The van der Waals surface area contributed by atoms with Gasteiger partial charge in [0.25, 0.3) is 0 Å². The summed E-state index contributed by atoms with van der Waals surface area (Å²) in [6.45, 7) is 0. The van der Waals surface area contributed by atoms with Crippen molar-refractivity contribution in [3.8, 4) is 6.07 Å². The maximum atomic E-state index is 8.94. The molecule has 90 valence electrons. The van der Waals surface area contributed by atoms with Gasteiger partial charge in [0.2, 0.25) is 17.5 Å². The molecule has 0 aliphatic rings. The van der Waals surface area contributed by atoms with Crippen LogP contribution < -0.4 is 4.90 Å². The highest BCUT2D eigenvalue weighted by Gasteiger charge is 2.12. The summed E-state index contributed by atoms with van der Waals surface area (Å²) in [5.41, 5.74) is 1.35. The number of nitrogens with zero attached hydrogens (tertiary/aromatic N) is 3. The minimum atomic E-state index is 0.299. The fourth-order valence-electron chi connectivity index (χ4n) is 1.51. The van der Waals surface area contributed by atoms with Crippen LogP contribution in [0.2, 0.25) is 0 Å². The molecule has 0 spiro atoms. The second kappa shape index (κ2) is 5.19. The lowest BCUT2D eigenvalue weighted by atomic mass is 10.2. The van der Waals surface area contributed by atoms with Crippen molar-refractivity contribution in [1.29, 1.82) is 5.26 Å². The van der Waals surface area contributed by atoms with E-state index in [1.165, 1.54) is 0 Å². The number of aromatic nitrogens is 1. The first-order chi connectivity index (χ1) is 8.70. The van der Waals surface area contributed by atoms with Gasteiger partial charge in [0, 0.05) is 20.2 Å². The van der Waals surface area contributed by atoms with E-state index in [9.17, 15) is 0 Å². The summed E-state index contributed by atoms with van der Waals surface area (Å²) >= 11 is 0. The molecule has 0 amide bonds. The van der Waals surface area contributed by atoms with Crippen LogP contribution in [-0.4, -0.2) is 19.1 Å². The van der Waals surface area contributed by atoms with E-state index in [1.54, 1.807) is 11.0 Å².